The largest absolute Gasteiger partial charge is 0.350 e. The zero-order valence-corrected chi connectivity index (χ0v) is 11.8. The molecule has 0 radical (unpaired) electrons. The highest BCUT2D eigenvalue weighted by Gasteiger charge is 2.56. The molecule has 2 aromatic rings. The van der Waals surface area contributed by atoms with E-state index in [1.165, 1.54) is 12.1 Å². The van der Waals surface area contributed by atoms with Crippen LogP contribution in [-0.4, -0.2) is 28.3 Å². The number of rotatable bonds is 4. The van der Waals surface area contributed by atoms with Crippen LogP contribution < -0.4 is 5.32 Å². The average molecular weight is 309 g/mol. The maximum atomic E-state index is 12.9. The Morgan fingerprint density at radius 2 is 2.05 bits per heavy atom. The highest BCUT2D eigenvalue weighted by molar-refractivity contribution is 5.94. The molecule has 1 aromatic heterocycles. The van der Waals surface area contributed by atoms with Crippen molar-refractivity contribution in [3.05, 3.63) is 41.5 Å². The van der Waals surface area contributed by atoms with Gasteiger partial charge >= 0.3 is 0 Å². The first kappa shape index (κ1) is 14.6. The summed E-state index contributed by atoms with van der Waals surface area (Å²) in [6.45, 7) is 1.60. The summed E-state index contributed by atoms with van der Waals surface area (Å²) in [7, 11) is 0. The smallest absolute Gasteiger partial charge is 0.271 e. The number of imidazole rings is 1. The van der Waals surface area contributed by atoms with Gasteiger partial charge < -0.3 is 10.3 Å². The minimum Gasteiger partial charge on any atom is -0.350 e. The van der Waals surface area contributed by atoms with Gasteiger partial charge in [0.1, 0.15) is 17.3 Å². The molecular formula is C15H14F3N3O. The molecule has 2 N–H and O–H groups in total. The number of aromatic nitrogens is 2. The minimum absolute atomic E-state index is 0.0655. The minimum atomic E-state index is -2.66. The molecule has 3 rings (SSSR count). The highest BCUT2D eigenvalue weighted by atomic mass is 19.3. The van der Waals surface area contributed by atoms with E-state index in [4.69, 9.17) is 0 Å². The van der Waals surface area contributed by atoms with Crippen LogP contribution in [0.2, 0.25) is 0 Å². The van der Waals surface area contributed by atoms with Gasteiger partial charge in [0.25, 0.3) is 11.8 Å². The van der Waals surface area contributed by atoms with E-state index in [0.29, 0.717) is 17.1 Å². The summed E-state index contributed by atoms with van der Waals surface area (Å²) >= 11 is 0. The summed E-state index contributed by atoms with van der Waals surface area (Å²) in [5.74, 6) is -3.88. The lowest BCUT2D eigenvalue weighted by Gasteiger charge is -2.02. The lowest BCUT2D eigenvalue weighted by Crippen LogP contribution is -2.27. The van der Waals surface area contributed by atoms with Gasteiger partial charge in [-0.1, -0.05) is 0 Å². The molecule has 0 saturated heterocycles. The van der Waals surface area contributed by atoms with Crippen molar-refractivity contribution < 1.29 is 18.0 Å². The van der Waals surface area contributed by atoms with Crippen LogP contribution >= 0.6 is 0 Å². The normalized spacial score (nSPS) is 19.0. The van der Waals surface area contributed by atoms with Crippen LogP contribution in [0.15, 0.2) is 24.3 Å². The van der Waals surface area contributed by atoms with Crippen molar-refractivity contribution in [3.8, 4) is 11.4 Å². The van der Waals surface area contributed by atoms with E-state index in [2.05, 4.69) is 15.3 Å². The number of carbonyl (C=O) groups is 1. The predicted octanol–water partition coefficient (Wildman–Crippen LogP) is 2.91. The number of halogens is 3. The summed E-state index contributed by atoms with van der Waals surface area (Å²) in [4.78, 5) is 19.1. The van der Waals surface area contributed by atoms with Gasteiger partial charge in [-0.3, -0.25) is 4.79 Å². The molecule has 1 aromatic carbocycles. The van der Waals surface area contributed by atoms with Gasteiger partial charge in [-0.2, -0.15) is 0 Å². The van der Waals surface area contributed by atoms with Gasteiger partial charge in [0.15, 0.2) is 0 Å². The molecule has 4 nitrogen and oxygen atoms in total. The molecule has 116 valence electrons. The van der Waals surface area contributed by atoms with Gasteiger partial charge in [-0.05, 0) is 31.2 Å². The first-order valence-corrected chi connectivity index (χ1v) is 6.85. The molecule has 0 aliphatic heterocycles. The van der Waals surface area contributed by atoms with Crippen molar-refractivity contribution in [1.82, 2.24) is 15.3 Å². The van der Waals surface area contributed by atoms with E-state index in [1.54, 1.807) is 19.1 Å². The van der Waals surface area contributed by atoms with Gasteiger partial charge in [-0.25, -0.2) is 18.2 Å². The van der Waals surface area contributed by atoms with E-state index in [0.717, 1.165) is 0 Å². The SMILES string of the molecule is Cc1[nH]c(-c2ccc(F)cc2)nc1C(=O)NCC1CC1(F)F. The van der Waals surface area contributed by atoms with Crippen LogP contribution in [0.1, 0.15) is 22.6 Å². The second-order valence-electron chi connectivity index (χ2n) is 5.44. The number of H-pyrrole nitrogens is 1. The molecule has 1 unspecified atom stereocenters. The molecule has 1 atom stereocenters. The number of nitrogens with one attached hydrogen (secondary N) is 2. The summed E-state index contributed by atoms with van der Waals surface area (Å²) < 4.78 is 38.5. The highest BCUT2D eigenvalue weighted by Crippen LogP contribution is 2.47. The Labute approximate surface area is 124 Å². The fourth-order valence-corrected chi connectivity index (χ4v) is 2.22. The van der Waals surface area contributed by atoms with Gasteiger partial charge in [-0.15, -0.1) is 0 Å². The number of nitrogens with zero attached hydrogens (tertiary/aromatic N) is 1. The lowest BCUT2D eigenvalue weighted by molar-refractivity contribution is 0.0891. The molecule has 1 amide bonds. The maximum absolute atomic E-state index is 12.9. The fourth-order valence-electron chi connectivity index (χ4n) is 2.22. The second-order valence-corrected chi connectivity index (χ2v) is 5.44. The first-order chi connectivity index (χ1) is 10.4. The topological polar surface area (TPSA) is 57.8 Å². The molecule has 1 fully saturated rings. The number of hydrogen-bond acceptors (Lipinski definition) is 2. The zero-order chi connectivity index (χ0) is 15.9. The number of aromatic amines is 1. The molecule has 1 aliphatic carbocycles. The number of carbonyl (C=O) groups excluding carboxylic acids is 1. The van der Waals surface area contributed by atoms with Gasteiger partial charge in [0, 0.05) is 30.1 Å². The van der Waals surface area contributed by atoms with Crippen LogP contribution in [-0.2, 0) is 0 Å². The summed E-state index contributed by atoms with van der Waals surface area (Å²) in [5, 5.41) is 2.47. The van der Waals surface area contributed by atoms with Gasteiger partial charge in [0.05, 0.1) is 0 Å². The molecule has 1 heterocycles. The number of hydrogen-bond donors (Lipinski definition) is 2. The van der Waals surface area contributed by atoms with E-state index >= 15 is 0 Å². The summed E-state index contributed by atoms with van der Waals surface area (Å²) in [5.41, 5.74) is 1.32. The van der Waals surface area contributed by atoms with Crippen molar-refractivity contribution in [2.24, 2.45) is 5.92 Å². The maximum Gasteiger partial charge on any atom is 0.271 e. The standard InChI is InChI=1S/C15H14F3N3O/c1-8-12(14(22)19-7-10-6-15(10,17)18)21-13(20-8)9-2-4-11(16)5-3-9/h2-5,10H,6-7H2,1H3,(H,19,22)(H,20,21). The van der Waals surface area contributed by atoms with Crippen molar-refractivity contribution in [1.29, 1.82) is 0 Å². The monoisotopic (exact) mass is 309 g/mol. The van der Waals surface area contributed by atoms with Crippen molar-refractivity contribution in [2.75, 3.05) is 6.54 Å². The van der Waals surface area contributed by atoms with Crippen LogP contribution in [0.25, 0.3) is 11.4 Å². The third-order valence-corrected chi connectivity index (χ3v) is 3.68. The Kier molecular flexibility index (Phi) is 3.42. The lowest BCUT2D eigenvalue weighted by atomic mass is 10.2. The predicted molar refractivity (Wildman–Crippen MR) is 74.1 cm³/mol. The molecule has 1 saturated carbocycles. The third-order valence-electron chi connectivity index (χ3n) is 3.68. The third kappa shape index (κ3) is 2.84. The molecule has 0 bridgehead atoms. The van der Waals surface area contributed by atoms with Crippen molar-refractivity contribution in [2.45, 2.75) is 19.3 Å². The van der Waals surface area contributed by atoms with Crippen LogP contribution in [0, 0.1) is 18.7 Å². The first-order valence-electron chi connectivity index (χ1n) is 6.85. The quantitative estimate of drug-likeness (QED) is 0.912. The van der Waals surface area contributed by atoms with E-state index in [1.807, 2.05) is 0 Å². The number of aryl methyl sites for hydroxylation is 1. The van der Waals surface area contributed by atoms with Crippen LogP contribution in [0.5, 0.6) is 0 Å². The Morgan fingerprint density at radius 1 is 1.41 bits per heavy atom. The Hall–Kier alpha value is -2.31. The van der Waals surface area contributed by atoms with Crippen LogP contribution in [0.3, 0.4) is 0 Å². The second kappa shape index (κ2) is 5.15. The van der Waals surface area contributed by atoms with E-state index < -0.39 is 17.7 Å². The van der Waals surface area contributed by atoms with Gasteiger partial charge in [0.2, 0.25) is 0 Å². The zero-order valence-electron chi connectivity index (χ0n) is 11.8. The van der Waals surface area contributed by atoms with Crippen molar-refractivity contribution >= 4 is 5.91 Å². The fraction of sp³-hybridized carbons (Fsp3) is 0.333. The molecule has 22 heavy (non-hydrogen) atoms. The molecular weight excluding hydrogens is 295 g/mol. The summed E-state index contributed by atoms with van der Waals surface area (Å²) in [6, 6.07) is 5.67. The average Bonchev–Trinajstić information content (AvgIpc) is 2.89. The number of alkyl halides is 2. The Balaban J connectivity index is 1.71. The van der Waals surface area contributed by atoms with Crippen molar-refractivity contribution in [3.63, 3.8) is 0 Å². The number of benzene rings is 1. The molecule has 1 aliphatic rings. The van der Waals surface area contributed by atoms with E-state index in [-0.39, 0.29) is 24.5 Å². The molecule has 0 spiro atoms. The Bertz CT molecular complexity index is 709. The van der Waals surface area contributed by atoms with Crippen LogP contribution in [0.4, 0.5) is 13.2 Å². The summed E-state index contributed by atoms with van der Waals surface area (Å²) in [6.07, 6.45) is -0.187. The number of amides is 1. The molecule has 7 heteroatoms. The van der Waals surface area contributed by atoms with E-state index in [9.17, 15) is 18.0 Å². The Morgan fingerprint density at radius 3 is 2.64 bits per heavy atom.